The molecule has 2 aromatic heterocycles. The van der Waals surface area contributed by atoms with Gasteiger partial charge < -0.3 is 19.6 Å². The molecule has 3 aromatic rings. The highest BCUT2D eigenvalue weighted by Crippen LogP contribution is 2.36. The second-order valence-corrected chi connectivity index (χ2v) is 8.35. The van der Waals surface area contributed by atoms with Crippen molar-refractivity contribution in [3.63, 3.8) is 0 Å². The summed E-state index contributed by atoms with van der Waals surface area (Å²) < 4.78 is 11.5. The molecule has 1 atom stereocenters. The van der Waals surface area contributed by atoms with Crippen LogP contribution in [0.4, 0.5) is 6.01 Å². The molecule has 0 fully saturated rings. The number of anilines is 1. The van der Waals surface area contributed by atoms with E-state index in [-0.39, 0.29) is 11.5 Å². The van der Waals surface area contributed by atoms with Crippen molar-refractivity contribution in [2.75, 3.05) is 18.5 Å². The number of benzene rings is 1. The molecule has 0 saturated heterocycles. The molecule has 0 aliphatic carbocycles. The maximum Gasteiger partial charge on any atom is 0.315 e. The zero-order valence-corrected chi connectivity index (χ0v) is 18.0. The lowest BCUT2D eigenvalue weighted by atomic mass is 9.84. The van der Waals surface area contributed by atoms with Crippen LogP contribution in [0, 0.1) is 6.92 Å². The van der Waals surface area contributed by atoms with Crippen LogP contribution in [0.3, 0.4) is 0 Å². The van der Waals surface area contributed by atoms with E-state index in [4.69, 9.17) is 14.1 Å². The van der Waals surface area contributed by atoms with E-state index in [0.717, 1.165) is 27.8 Å². The Morgan fingerprint density at radius 1 is 1.21 bits per heavy atom. The first-order valence-electron chi connectivity index (χ1n) is 10.0. The maximum atomic E-state index is 9.36. The highest BCUT2D eigenvalue weighted by Gasteiger charge is 2.22. The predicted molar refractivity (Wildman–Crippen MR) is 114 cm³/mol. The normalized spacial score (nSPS) is 12.9. The Morgan fingerprint density at radius 3 is 2.62 bits per heavy atom. The van der Waals surface area contributed by atoms with Gasteiger partial charge in [-0.2, -0.15) is 0 Å². The van der Waals surface area contributed by atoms with Crippen molar-refractivity contribution in [3.8, 4) is 17.3 Å². The first-order chi connectivity index (χ1) is 13.7. The van der Waals surface area contributed by atoms with E-state index in [1.54, 1.807) is 6.92 Å². The summed E-state index contributed by atoms with van der Waals surface area (Å²) in [7, 11) is 0. The molecular formula is C22H30N4O3. The van der Waals surface area contributed by atoms with Crippen LogP contribution in [0.25, 0.3) is 22.5 Å². The van der Waals surface area contributed by atoms with E-state index in [1.807, 2.05) is 26.0 Å². The number of aromatic nitrogens is 3. The summed E-state index contributed by atoms with van der Waals surface area (Å²) in [4.78, 5) is 4.88. The number of aryl methyl sites for hydroxylation is 1. The van der Waals surface area contributed by atoms with Gasteiger partial charge in [-0.3, -0.25) is 0 Å². The Labute approximate surface area is 171 Å². The molecule has 0 saturated carbocycles. The molecule has 29 heavy (non-hydrogen) atoms. The topological polar surface area (TPSA) is 93.3 Å². The Bertz CT molecular complexity index is 990. The molecule has 2 heterocycles. The average molecular weight is 399 g/mol. The monoisotopic (exact) mass is 398 g/mol. The van der Waals surface area contributed by atoms with Gasteiger partial charge >= 0.3 is 6.01 Å². The van der Waals surface area contributed by atoms with Crippen molar-refractivity contribution in [1.82, 2.24) is 15.2 Å². The summed E-state index contributed by atoms with van der Waals surface area (Å²) in [6, 6.07) is 6.39. The molecule has 0 radical (unpaired) electrons. The van der Waals surface area contributed by atoms with Gasteiger partial charge in [0.15, 0.2) is 0 Å². The third-order valence-electron chi connectivity index (χ3n) is 4.70. The van der Waals surface area contributed by atoms with Gasteiger partial charge in [0.05, 0.1) is 18.2 Å². The lowest BCUT2D eigenvalue weighted by Gasteiger charge is -2.22. The zero-order chi connectivity index (χ0) is 21.2. The fourth-order valence-corrected chi connectivity index (χ4v) is 3.18. The summed E-state index contributed by atoms with van der Waals surface area (Å²) in [6.45, 7) is 13.4. The number of nitrogens with zero attached hydrogens (tertiary/aromatic N) is 3. The van der Waals surface area contributed by atoms with Crippen LogP contribution in [0.1, 0.15) is 52.2 Å². The molecule has 2 N–H and O–H groups in total. The summed E-state index contributed by atoms with van der Waals surface area (Å²) in [5, 5.41) is 21.6. The maximum absolute atomic E-state index is 9.36. The number of nitrogens with one attached hydrogen (secondary N) is 1. The van der Waals surface area contributed by atoms with Crippen molar-refractivity contribution in [3.05, 3.63) is 29.3 Å². The van der Waals surface area contributed by atoms with Gasteiger partial charge in [-0.1, -0.05) is 25.9 Å². The van der Waals surface area contributed by atoms with Gasteiger partial charge in [0, 0.05) is 11.9 Å². The Kier molecular flexibility index (Phi) is 6.07. The van der Waals surface area contributed by atoms with E-state index in [9.17, 15) is 5.11 Å². The molecule has 0 aliphatic heterocycles. The number of ether oxygens (including phenoxy) is 1. The van der Waals surface area contributed by atoms with E-state index in [1.165, 1.54) is 0 Å². The van der Waals surface area contributed by atoms with E-state index >= 15 is 0 Å². The number of rotatable bonds is 7. The number of hydrogen-bond donors (Lipinski definition) is 2. The molecule has 0 amide bonds. The fourth-order valence-electron chi connectivity index (χ4n) is 3.18. The van der Waals surface area contributed by atoms with Crippen molar-refractivity contribution in [2.24, 2.45) is 0 Å². The van der Waals surface area contributed by atoms with Gasteiger partial charge in [0.2, 0.25) is 0 Å². The Morgan fingerprint density at radius 2 is 1.97 bits per heavy atom. The van der Waals surface area contributed by atoms with Crippen LogP contribution in [-0.4, -0.2) is 39.5 Å². The molecule has 0 bridgehead atoms. The minimum Gasteiger partial charge on any atom is -0.494 e. The summed E-state index contributed by atoms with van der Waals surface area (Å²) in [5.74, 6) is 1.22. The largest absolute Gasteiger partial charge is 0.494 e. The van der Waals surface area contributed by atoms with Crippen LogP contribution >= 0.6 is 0 Å². The summed E-state index contributed by atoms with van der Waals surface area (Å²) in [6.07, 6.45) is 0.217. The van der Waals surface area contributed by atoms with E-state index in [0.29, 0.717) is 37.2 Å². The van der Waals surface area contributed by atoms with Gasteiger partial charge in [0.1, 0.15) is 11.4 Å². The molecule has 3 rings (SSSR count). The lowest BCUT2D eigenvalue weighted by Crippen LogP contribution is -2.13. The number of fused-ring (bicyclic) bond motifs is 1. The Balaban J connectivity index is 2.03. The molecule has 156 valence electrons. The summed E-state index contributed by atoms with van der Waals surface area (Å²) >= 11 is 0. The van der Waals surface area contributed by atoms with Gasteiger partial charge in [-0.15, -0.1) is 5.10 Å². The van der Waals surface area contributed by atoms with Gasteiger partial charge in [-0.05, 0) is 61.9 Å². The zero-order valence-electron chi connectivity index (χ0n) is 18.0. The first kappa shape index (κ1) is 21.0. The number of pyridine rings is 1. The van der Waals surface area contributed by atoms with Gasteiger partial charge in [-0.25, -0.2) is 4.98 Å². The van der Waals surface area contributed by atoms with Gasteiger partial charge in [0.25, 0.3) is 5.89 Å². The molecule has 0 spiro atoms. The highest BCUT2D eigenvalue weighted by atomic mass is 16.5. The molecule has 7 nitrogen and oxygen atoms in total. The van der Waals surface area contributed by atoms with Crippen molar-refractivity contribution < 1.29 is 14.3 Å². The molecule has 7 heteroatoms. The van der Waals surface area contributed by atoms with Crippen LogP contribution < -0.4 is 10.1 Å². The molecule has 1 aromatic carbocycles. The predicted octanol–water partition coefficient (Wildman–Crippen LogP) is 4.47. The lowest BCUT2D eigenvalue weighted by molar-refractivity contribution is 0.188. The van der Waals surface area contributed by atoms with E-state index < -0.39 is 0 Å². The first-order valence-corrected chi connectivity index (χ1v) is 10.0. The average Bonchev–Trinajstić information content (AvgIpc) is 3.09. The fraction of sp³-hybridized carbons (Fsp3) is 0.500. The van der Waals surface area contributed by atoms with E-state index in [2.05, 4.69) is 42.4 Å². The minimum atomic E-state index is -0.382. The molecule has 0 unspecified atom stereocenters. The van der Waals surface area contributed by atoms with Crippen molar-refractivity contribution in [2.45, 2.75) is 59.5 Å². The number of aliphatic hydroxyl groups excluding tert-OH is 1. The molecular weight excluding hydrogens is 368 g/mol. The third-order valence-corrected chi connectivity index (χ3v) is 4.70. The molecule has 0 aliphatic rings. The number of hydrogen-bond acceptors (Lipinski definition) is 7. The van der Waals surface area contributed by atoms with Crippen molar-refractivity contribution >= 4 is 16.9 Å². The van der Waals surface area contributed by atoms with Crippen molar-refractivity contribution in [1.29, 1.82) is 0 Å². The minimum absolute atomic E-state index is 0.105. The van der Waals surface area contributed by atoms with Crippen LogP contribution in [0.5, 0.6) is 5.75 Å². The standard InChI is InChI=1S/C22H30N4O3/c1-7-28-15-11-16-13(2)10-18(24-19(16)17(12-15)22(4,5)6)20-25-26-21(29-20)23-9-8-14(3)27/h10-12,14,27H,7-9H2,1-6H3,(H,23,26)/t14-/m0/s1. The quantitative estimate of drug-likeness (QED) is 0.606. The highest BCUT2D eigenvalue weighted by molar-refractivity contribution is 5.89. The second-order valence-electron chi connectivity index (χ2n) is 8.35. The Hall–Kier alpha value is -2.67. The van der Waals surface area contributed by atoms with Crippen LogP contribution in [0.15, 0.2) is 22.6 Å². The SMILES string of the molecule is CCOc1cc(C(C)(C)C)c2nc(-c3nnc(NCC[C@H](C)O)o3)cc(C)c2c1. The summed E-state index contributed by atoms with van der Waals surface area (Å²) in [5.41, 5.74) is 3.63. The smallest absolute Gasteiger partial charge is 0.315 e. The number of aliphatic hydroxyl groups is 1. The second kappa shape index (κ2) is 8.37. The van der Waals surface area contributed by atoms with Crippen LogP contribution in [0.2, 0.25) is 0 Å². The third kappa shape index (κ3) is 4.85. The van der Waals surface area contributed by atoms with Crippen LogP contribution in [-0.2, 0) is 5.41 Å².